The molecule has 0 aliphatic rings. The van der Waals surface area contributed by atoms with Crippen molar-refractivity contribution in [3.8, 4) is 27.9 Å². The Labute approximate surface area is 408 Å². The van der Waals surface area contributed by atoms with Crippen molar-refractivity contribution in [2.45, 2.75) is 0 Å². The zero-order chi connectivity index (χ0) is 46.4. The van der Waals surface area contributed by atoms with Crippen molar-refractivity contribution >= 4 is 89.6 Å². The van der Waals surface area contributed by atoms with Crippen LogP contribution in [-0.4, -0.2) is 12.6 Å². The molecule has 0 saturated heterocycles. The van der Waals surface area contributed by atoms with Gasteiger partial charge in [-0.2, -0.15) is 0 Å². The number of para-hydroxylation sites is 3. The third-order valence-corrected chi connectivity index (χ3v) is 18.9. The molecule has 2 heterocycles. The molecule has 4 heteroatoms. The van der Waals surface area contributed by atoms with Gasteiger partial charge in [-0.25, -0.2) is 0 Å². The van der Waals surface area contributed by atoms with E-state index in [0.717, 1.165) is 55.8 Å². The van der Waals surface area contributed by atoms with Crippen LogP contribution < -0.4 is 25.6 Å². The lowest BCUT2D eigenvalue weighted by Crippen LogP contribution is -2.74. The molecule has 0 saturated carbocycles. The van der Waals surface area contributed by atoms with Gasteiger partial charge in [0.05, 0.1) is 11.0 Å². The van der Waals surface area contributed by atoms with Crippen molar-refractivity contribution < 1.29 is 4.42 Å². The van der Waals surface area contributed by atoms with E-state index < -0.39 is 8.07 Å². The second kappa shape index (κ2) is 17.3. The topological polar surface area (TPSA) is 21.3 Å². The van der Waals surface area contributed by atoms with Gasteiger partial charge in [0, 0.05) is 44.3 Å². The minimum atomic E-state index is -2.84. The SMILES string of the molecule is c1ccc(-n2c3ccccc3c3c(-c4ccc(N(c5ccc(-c6cccc7oc8ccccc8c67)cc5)c5cccc([Si](c6ccccc6)(c6ccccc6)c6ccccc6)c5)cc4)cccc32)cc1. The van der Waals surface area contributed by atoms with Crippen molar-refractivity contribution in [1.29, 1.82) is 0 Å². The number of anilines is 3. The Bertz CT molecular complexity index is 3880. The molecule has 2 aromatic heterocycles. The maximum Gasteiger partial charge on any atom is 0.179 e. The van der Waals surface area contributed by atoms with Crippen LogP contribution in [0.1, 0.15) is 0 Å². The molecule has 0 N–H and O–H groups in total. The van der Waals surface area contributed by atoms with Crippen LogP contribution in [0.5, 0.6) is 0 Å². The summed E-state index contributed by atoms with van der Waals surface area (Å²) >= 11 is 0. The predicted molar refractivity (Wildman–Crippen MR) is 297 cm³/mol. The average Bonchev–Trinajstić information content (AvgIpc) is 3.99. The highest BCUT2D eigenvalue weighted by Gasteiger charge is 2.41. The fourth-order valence-corrected chi connectivity index (χ4v) is 15.9. The molecule has 13 aromatic rings. The summed E-state index contributed by atoms with van der Waals surface area (Å²) in [5, 5.41) is 10.1. The summed E-state index contributed by atoms with van der Waals surface area (Å²) in [5.41, 5.74) is 13.2. The summed E-state index contributed by atoms with van der Waals surface area (Å²) in [6, 6.07) is 102. The fraction of sp³-hybridized carbons (Fsp3) is 0. The number of hydrogen-bond donors (Lipinski definition) is 0. The van der Waals surface area contributed by atoms with E-state index in [9.17, 15) is 0 Å². The molecule has 0 unspecified atom stereocenters. The van der Waals surface area contributed by atoms with E-state index in [1.54, 1.807) is 0 Å². The minimum Gasteiger partial charge on any atom is -0.456 e. The first-order valence-corrected chi connectivity index (χ1v) is 26.0. The molecule has 11 aromatic carbocycles. The Kier molecular flexibility index (Phi) is 10.2. The normalized spacial score (nSPS) is 11.7. The van der Waals surface area contributed by atoms with Gasteiger partial charge in [-0.3, -0.25) is 0 Å². The first-order valence-electron chi connectivity index (χ1n) is 24.0. The van der Waals surface area contributed by atoms with Crippen LogP contribution >= 0.6 is 0 Å². The molecule has 70 heavy (non-hydrogen) atoms. The summed E-state index contributed by atoms with van der Waals surface area (Å²) in [4.78, 5) is 2.42. The predicted octanol–water partition coefficient (Wildman–Crippen LogP) is 14.9. The monoisotopic (exact) mass is 910 g/mol. The van der Waals surface area contributed by atoms with E-state index in [1.807, 2.05) is 12.1 Å². The van der Waals surface area contributed by atoms with E-state index in [0.29, 0.717) is 0 Å². The summed E-state index contributed by atoms with van der Waals surface area (Å²) in [6.45, 7) is 0. The maximum atomic E-state index is 6.33. The van der Waals surface area contributed by atoms with Crippen LogP contribution in [0.15, 0.2) is 283 Å². The van der Waals surface area contributed by atoms with Gasteiger partial charge in [0.15, 0.2) is 8.07 Å². The van der Waals surface area contributed by atoms with Crippen molar-refractivity contribution in [2.24, 2.45) is 0 Å². The Morgan fingerprint density at radius 1 is 0.314 bits per heavy atom. The van der Waals surface area contributed by atoms with Crippen LogP contribution in [0.4, 0.5) is 17.1 Å². The van der Waals surface area contributed by atoms with Crippen LogP contribution in [0, 0.1) is 0 Å². The Morgan fingerprint density at radius 2 is 0.771 bits per heavy atom. The van der Waals surface area contributed by atoms with Crippen LogP contribution in [0.2, 0.25) is 0 Å². The van der Waals surface area contributed by atoms with Crippen molar-refractivity contribution in [1.82, 2.24) is 4.57 Å². The van der Waals surface area contributed by atoms with Gasteiger partial charge in [0.2, 0.25) is 0 Å². The zero-order valence-corrected chi connectivity index (χ0v) is 39.4. The highest BCUT2D eigenvalue weighted by atomic mass is 28.3. The van der Waals surface area contributed by atoms with E-state index in [4.69, 9.17) is 4.42 Å². The second-order valence-electron chi connectivity index (χ2n) is 18.0. The molecule has 0 amide bonds. The van der Waals surface area contributed by atoms with Gasteiger partial charge >= 0.3 is 0 Å². The number of fused-ring (bicyclic) bond motifs is 6. The van der Waals surface area contributed by atoms with E-state index in [-0.39, 0.29) is 0 Å². The molecule has 3 nitrogen and oxygen atoms in total. The maximum absolute atomic E-state index is 6.33. The molecule has 0 atom stereocenters. The lowest BCUT2D eigenvalue weighted by atomic mass is 9.98. The first-order chi connectivity index (χ1) is 34.7. The van der Waals surface area contributed by atoms with E-state index in [2.05, 4.69) is 276 Å². The van der Waals surface area contributed by atoms with Gasteiger partial charge < -0.3 is 13.9 Å². The summed E-state index contributed by atoms with van der Waals surface area (Å²) in [7, 11) is -2.84. The molecule has 0 aliphatic carbocycles. The van der Waals surface area contributed by atoms with Gasteiger partial charge in [-0.15, -0.1) is 0 Å². The lowest BCUT2D eigenvalue weighted by Gasteiger charge is -2.35. The van der Waals surface area contributed by atoms with Gasteiger partial charge in [0.25, 0.3) is 0 Å². The fourth-order valence-electron chi connectivity index (χ4n) is 11.1. The third-order valence-electron chi connectivity index (χ3n) is 14.1. The molecule has 0 bridgehead atoms. The largest absolute Gasteiger partial charge is 0.456 e. The Morgan fingerprint density at radius 3 is 1.39 bits per heavy atom. The first kappa shape index (κ1) is 41.2. The minimum absolute atomic E-state index is 0.893. The number of nitrogens with zero attached hydrogens (tertiary/aromatic N) is 2. The molecular weight excluding hydrogens is 865 g/mol. The number of benzene rings is 11. The molecule has 0 fully saturated rings. The molecule has 13 rings (SSSR count). The number of furan rings is 1. The zero-order valence-electron chi connectivity index (χ0n) is 38.4. The van der Waals surface area contributed by atoms with Crippen molar-refractivity contribution in [3.05, 3.63) is 279 Å². The summed E-state index contributed by atoms with van der Waals surface area (Å²) in [5.74, 6) is 0. The Balaban J connectivity index is 0.990. The number of rotatable bonds is 10. The number of aromatic nitrogens is 1. The van der Waals surface area contributed by atoms with Crippen LogP contribution in [0.25, 0.3) is 71.7 Å². The van der Waals surface area contributed by atoms with Gasteiger partial charge in [0.1, 0.15) is 11.2 Å². The summed E-state index contributed by atoms with van der Waals surface area (Å²) < 4.78 is 8.72. The molecule has 0 radical (unpaired) electrons. The molecule has 330 valence electrons. The smallest absolute Gasteiger partial charge is 0.179 e. The van der Waals surface area contributed by atoms with Gasteiger partial charge in [-0.05, 0) is 116 Å². The van der Waals surface area contributed by atoms with E-state index in [1.165, 1.54) is 53.7 Å². The lowest BCUT2D eigenvalue weighted by molar-refractivity contribution is 0.669. The van der Waals surface area contributed by atoms with Crippen molar-refractivity contribution in [3.63, 3.8) is 0 Å². The molecule has 0 aliphatic heterocycles. The highest BCUT2D eigenvalue weighted by Crippen LogP contribution is 2.42. The quantitative estimate of drug-likeness (QED) is 0.101. The average molecular weight is 911 g/mol. The Hall–Kier alpha value is -8.96. The van der Waals surface area contributed by atoms with Gasteiger partial charge in [-0.1, -0.05) is 206 Å². The third kappa shape index (κ3) is 6.80. The highest BCUT2D eigenvalue weighted by molar-refractivity contribution is 7.19. The number of hydrogen-bond acceptors (Lipinski definition) is 2. The van der Waals surface area contributed by atoms with Crippen LogP contribution in [-0.2, 0) is 0 Å². The second-order valence-corrected chi connectivity index (χ2v) is 21.8. The molecular formula is C66H46N2OSi. The molecule has 0 spiro atoms. The van der Waals surface area contributed by atoms with Crippen molar-refractivity contribution in [2.75, 3.05) is 4.90 Å². The standard InChI is InChI=1S/C66H46N2OSi/c1-5-20-49(21-6-1)68-61-34-15-13-30-59(61)65-57(32-18-35-62(65)68)47-38-42-50(43-39-47)67(51-44-40-48(41-45-51)58-33-19-37-64-66(58)60-31-14-16-36-63(60)69-64)52-22-17-29-56(46-52)70(53-23-7-2-8-24-53,54-25-9-3-10-26-54)55-27-11-4-12-28-55/h1-46H. The summed E-state index contributed by atoms with van der Waals surface area (Å²) in [6.07, 6.45) is 0. The van der Waals surface area contributed by atoms with Crippen LogP contribution in [0.3, 0.4) is 0 Å². The van der Waals surface area contributed by atoms with E-state index >= 15 is 0 Å².